The van der Waals surface area contributed by atoms with E-state index in [-0.39, 0.29) is 18.7 Å². The molecule has 2 aromatic carbocycles. The molecule has 2 heterocycles. The SMILES string of the molecule is CCOc1ccccc1N1CC[NH+]([C@@H](C)C(=O)Nc2ccc3c(c2)OCO3)CC1. The maximum atomic E-state index is 12.8. The predicted octanol–water partition coefficient (Wildman–Crippen LogP) is 1.55. The highest BCUT2D eigenvalue weighted by atomic mass is 16.7. The first kappa shape index (κ1) is 19.4. The lowest BCUT2D eigenvalue weighted by molar-refractivity contribution is -0.914. The van der Waals surface area contributed by atoms with Crippen molar-refractivity contribution in [2.75, 3.05) is 49.8 Å². The maximum absolute atomic E-state index is 12.8. The minimum Gasteiger partial charge on any atom is -0.492 e. The Labute approximate surface area is 171 Å². The summed E-state index contributed by atoms with van der Waals surface area (Å²) in [5, 5.41) is 3.01. The molecule has 7 heteroatoms. The third-order valence-electron chi connectivity index (χ3n) is 5.56. The van der Waals surface area contributed by atoms with E-state index in [4.69, 9.17) is 14.2 Å². The lowest BCUT2D eigenvalue weighted by atomic mass is 10.2. The number of carbonyl (C=O) groups is 1. The van der Waals surface area contributed by atoms with Gasteiger partial charge in [-0.15, -0.1) is 0 Å². The molecule has 4 rings (SSSR count). The van der Waals surface area contributed by atoms with Crippen molar-refractivity contribution in [3.63, 3.8) is 0 Å². The molecule has 1 fully saturated rings. The standard InChI is InChI=1S/C22H27N3O4/c1-3-27-19-7-5-4-6-18(19)25-12-10-24(11-13-25)16(2)22(26)23-17-8-9-20-21(14-17)29-15-28-20/h4-9,14,16H,3,10-13,15H2,1-2H3,(H,23,26)/p+1/t16-/m0/s1. The average Bonchev–Trinajstić information content (AvgIpc) is 3.22. The Morgan fingerprint density at radius 1 is 1.17 bits per heavy atom. The zero-order valence-corrected chi connectivity index (χ0v) is 16.9. The number of anilines is 2. The number of hydrogen-bond donors (Lipinski definition) is 2. The fourth-order valence-electron chi connectivity index (χ4n) is 3.87. The van der Waals surface area contributed by atoms with Crippen molar-refractivity contribution in [2.45, 2.75) is 19.9 Å². The molecule has 1 atom stereocenters. The number of ether oxygens (including phenoxy) is 3. The van der Waals surface area contributed by atoms with Gasteiger partial charge in [-0.2, -0.15) is 0 Å². The zero-order valence-electron chi connectivity index (χ0n) is 16.9. The number of piperazine rings is 1. The van der Waals surface area contributed by atoms with Crippen LogP contribution in [0.4, 0.5) is 11.4 Å². The molecule has 2 aliphatic rings. The number of rotatable bonds is 6. The van der Waals surface area contributed by atoms with Gasteiger partial charge < -0.3 is 29.3 Å². The highest BCUT2D eigenvalue weighted by Crippen LogP contribution is 2.34. The van der Waals surface area contributed by atoms with E-state index in [1.165, 1.54) is 4.90 Å². The van der Waals surface area contributed by atoms with Crippen LogP contribution in [-0.4, -0.2) is 51.5 Å². The van der Waals surface area contributed by atoms with Crippen LogP contribution >= 0.6 is 0 Å². The second kappa shape index (κ2) is 8.61. The van der Waals surface area contributed by atoms with Crippen molar-refractivity contribution in [1.82, 2.24) is 0 Å². The van der Waals surface area contributed by atoms with Crippen LogP contribution in [0.5, 0.6) is 17.2 Å². The molecule has 0 spiro atoms. The Kier molecular flexibility index (Phi) is 5.76. The van der Waals surface area contributed by atoms with Gasteiger partial charge in [-0.25, -0.2) is 0 Å². The molecule has 0 unspecified atom stereocenters. The molecule has 0 aromatic heterocycles. The molecule has 2 aliphatic heterocycles. The van der Waals surface area contributed by atoms with E-state index in [9.17, 15) is 4.79 Å². The Morgan fingerprint density at radius 3 is 2.72 bits per heavy atom. The van der Waals surface area contributed by atoms with Gasteiger partial charge in [0, 0.05) is 11.8 Å². The van der Waals surface area contributed by atoms with E-state index in [1.807, 2.05) is 50.2 Å². The van der Waals surface area contributed by atoms with E-state index in [0.29, 0.717) is 18.1 Å². The van der Waals surface area contributed by atoms with Crippen LogP contribution in [0.15, 0.2) is 42.5 Å². The summed E-state index contributed by atoms with van der Waals surface area (Å²) in [4.78, 5) is 16.4. The quantitative estimate of drug-likeness (QED) is 0.773. The van der Waals surface area contributed by atoms with Gasteiger partial charge in [0.1, 0.15) is 5.75 Å². The number of hydrogen-bond acceptors (Lipinski definition) is 5. The second-order valence-electron chi connectivity index (χ2n) is 7.33. The van der Waals surface area contributed by atoms with E-state index >= 15 is 0 Å². The monoisotopic (exact) mass is 398 g/mol. The first-order valence-electron chi connectivity index (χ1n) is 10.2. The van der Waals surface area contributed by atoms with Crippen LogP contribution < -0.4 is 29.3 Å². The maximum Gasteiger partial charge on any atom is 0.282 e. The Balaban J connectivity index is 1.34. The molecular weight excluding hydrogens is 370 g/mol. The topological polar surface area (TPSA) is 64.5 Å². The van der Waals surface area contributed by atoms with Crippen LogP contribution in [0.2, 0.25) is 0 Å². The van der Waals surface area contributed by atoms with E-state index in [2.05, 4.69) is 16.3 Å². The largest absolute Gasteiger partial charge is 0.492 e. The lowest BCUT2D eigenvalue weighted by Gasteiger charge is -2.36. The molecule has 0 saturated carbocycles. The summed E-state index contributed by atoms with van der Waals surface area (Å²) < 4.78 is 16.5. The first-order chi connectivity index (χ1) is 14.2. The van der Waals surface area contributed by atoms with Gasteiger partial charge in [-0.1, -0.05) is 12.1 Å². The van der Waals surface area contributed by atoms with Crippen LogP contribution in [0.3, 0.4) is 0 Å². The molecule has 7 nitrogen and oxygen atoms in total. The molecule has 1 saturated heterocycles. The summed E-state index contributed by atoms with van der Waals surface area (Å²) in [6, 6.07) is 13.5. The number of fused-ring (bicyclic) bond motifs is 1. The molecule has 0 radical (unpaired) electrons. The summed E-state index contributed by atoms with van der Waals surface area (Å²) in [5.74, 6) is 2.32. The molecule has 0 bridgehead atoms. The fraction of sp³-hybridized carbons (Fsp3) is 0.409. The first-order valence-corrected chi connectivity index (χ1v) is 10.2. The minimum atomic E-state index is -0.135. The van der Waals surface area contributed by atoms with Crippen LogP contribution in [0, 0.1) is 0 Å². The number of benzene rings is 2. The van der Waals surface area contributed by atoms with Gasteiger partial charge in [0.05, 0.1) is 38.5 Å². The third-order valence-corrected chi connectivity index (χ3v) is 5.56. The van der Waals surface area contributed by atoms with E-state index < -0.39 is 0 Å². The van der Waals surface area contributed by atoms with E-state index in [0.717, 1.165) is 43.3 Å². The Morgan fingerprint density at radius 2 is 1.93 bits per heavy atom. The van der Waals surface area contributed by atoms with Crippen molar-refractivity contribution in [3.8, 4) is 17.2 Å². The Hall–Kier alpha value is -2.93. The molecule has 29 heavy (non-hydrogen) atoms. The van der Waals surface area contributed by atoms with Gasteiger partial charge in [0.25, 0.3) is 5.91 Å². The van der Waals surface area contributed by atoms with Crippen molar-refractivity contribution in [1.29, 1.82) is 0 Å². The van der Waals surface area contributed by atoms with Crippen LogP contribution in [0.1, 0.15) is 13.8 Å². The predicted molar refractivity (Wildman–Crippen MR) is 111 cm³/mol. The molecule has 2 N–H and O–H groups in total. The lowest BCUT2D eigenvalue weighted by Crippen LogP contribution is -3.19. The number of amides is 1. The highest BCUT2D eigenvalue weighted by molar-refractivity contribution is 5.94. The Bertz CT molecular complexity index is 865. The van der Waals surface area contributed by atoms with Crippen molar-refractivity contribution >= 4 is 17.3 Å². The fourth-order valence-corrected chi connectivity index (χ4v) is 3.87. The summed E-state index contributed by atoms with van der Waals surface area (Å²) >= 11 is 0. The van der Waals surface area contributed by atoms with Gasteiger partial charge in [0.2, 0.25) is 6.79 Å². The highest BCUT2D eigenvalue weighted by Gasteiger charge is 2.30. The number of carbonyl (C=O) groups excluding carboxylic acids is 1. The third kappa shape index (κ3) is 4.24. The summed E-state index contributed by atoms with van der Waals surface area (Å²) in [5.41, 5.74) is 1.86. The van der Waals surface area contributed by atoms with Gasteiger partial charge >= 0.3 is 0 Å². The summed E-state index contributed by atoms with van der Waals surface area (Å²) in [6.45, 7) is 8.44. The molecule has 2 aromatic rings. The number of para-hydroxylation sites is 2. The number of quaternary nitrogens is 1. The summed E-state index contributed by atoms with van der Waals surface area (Å²) in [6.07, 6.45) is 0. The summed E-state index contributed by atoms with van der Waals surface area (Å²) in [7, 11) is 0. The average molecular weight is 398 g/mol. The number of nitrogens with zero attached hydrogens (tertiary/aromatic N) is 1. The molecule has 0 aliphatic carbocycles. The van der Waals surface area contributed by atoms with Gasteiger partial charge in [0.15, 0.2) is 17.5 Å². The molecular formula is C22H28N3O4+. The minimum absolute atomic E-state index is 0.0158. The zero-order chi connectivity index (χ0) is 20.2. The smallest absolute Gasteiger partial charge is 0.282 e. The van der Waals surface area contributed by atoms with Crippen molar-refractivity contribution < 1.29 is 23.9 Å². The van der Waals surface area contributed by atoms with Gasteiger partial charge in [-0.3, -0.25) is 4.79 Å². The number of nitrogens with one attached hydrogen (secondary N) is 2. The van der Waals surface area contributed by atoms with E-state index in [1.54, 1.807) is 0 Å². The van der Waals surface area contributed by atoms with Crippen LogP contribution in [0.25, 0.3) is 0 Å². The van der Waals surface area contributed by atoms with Gasteiger partial charge in [-0.05, 0) is 38.1 Å². The van der Waals surface area contributed by atoms with Crippen molar-refractivity contribution in [2.24, 2.45) is 0 Å². The molecule has 1 amide bonds. The second-order valence-corrected chi connectivity index (χ2v) is 7.33. The normalized spacial score (nSPS) is 17.1. The molecule has 154 valence electrons. The van der Waals surface area contributed by atoms with Crippen LogP contribution in [-0.2, 0) is 4.79 Å². The van der Waals surface area contributed by atoms with Crippen molar-refractivity contribution in [3.05, 3.63) is 42.5 Å².